The van der Waals surface area contributed by atoms with Gasteiger partial charge in [0.2, 0.25) is 5.95 Å². The first-order valence-corrected chi connectivity index (χ1v) is 7.29. The number of nitrogens with one attached hydrogen (secondary N) is 2. The maximum Gasteiger partial charge on any atom is 0.224 e. The number of aromatic nitrogens is 3. The predicted octanol–water partition coefficient (Wildman–Crippen LogP) is 2.89. The molecule has 6 heteroatoms. The molecule has 2 N–H and O–H groups in total. The van der Waals surface area contributed by atoms with Crippen LogP contribution in [0.1, 0.15) is 30.5 Å². The molecule has 0 fully saturated rings. The van der Waals surface area contributed by atoms with Crippen molar-refractivity contribution in [3.05, 3.63) is 28.3 Å². The second-order valence-electron chi connectivity index (χ2n) is 4.40. The van der Waals surface area contributed by atoms with Gasteiger partial charge in [0.25, 0.3) is 0 Å². The Labute approximate surface area is 117 Å². The molecule has 0 saturated carbocycles. The van der Waals surface area contributed by atoms with Gasteiger partial charge in [0, 0.05) is 42.3 Å². The molecule has 0 radical (unpaired) electrons. The molecule has 0 aromatic carbocycles. The molecule has 2 aromatic rings. The number of hydrogen-bond donors (Lipinski definition) is 2. The lowest BCUT2D eigenvalue weighted by molar-refractivity contribution is 0.791. The van der Waals surface area contributed by atoms with E-state index in [2.05, 4.69) is 32.5 Å². The smallest absolute Gasteiger partial charge is 0.224 e. The van der Waals surface area contributed by atoms with E-state index < -0.39 is 0 Å². The Kier molecular flexibility index (Phi) is 4.68. The van der Waals surface area contributed by atoms with Crippen molar-refractivity contribution in [2.45, 2.75) is 26.7 Å². The minimum atomic E-state index is 0.373. The van der Waals surface area contributed by atoms with Crippen LogP contribution < -0.4 is 10.6 Å². The first kappa shape index (κ1) is 13.7. The molecule has 1 atom stereocenters. The molecule has 0 spiro atoms. The predicted molar refractivity (Wildman–Crippen MR) is 80.0 cm³/mol. The fraction of sp³-hybridized carbons (Fsp3) is 0.462. The molecule has 0 amide bonds. The lowest BCUT2D eigenvalue weighted by Gasteiger charge is -2.12. The zero-order chi connectivity index (χ0) is 13.7. The molecule has 102 valence electrons. The maximum atomic E-state index is 4.43. The Morgan fingerprint density at radius 2 is 2.16 bits per heavy atom. The van der Waals surface area contributed by atoms with E-state index in [1.165, 1.54) is 0 Å². The number of thiazole rings is 1. The third-order valence-corrected chi connectivity index (χ3v) is 3.66. The summed E-state index contributed by atoms with van der Waals surface area (Å²) >= 11 is 1.68. The van der Waals surface area contributed by atoms with E-state index in [9.17, 15) is 0 Å². The highest BCUT2D eigenvalue weighted by atomic mass is 32.1. The summed E-state index contributed by atoms with van der Waals surface area (Å²) in [5, 5.41) is 9.63. The van der Waals surface area contributed by atoms with Crippen LogP contribution in [0.2, 0.25) is 0 Å². The fourth-order valence-corrected chi connectivity index (χ4v) is 2.42. The molecule has 2 aromatic heterocycles. The van der Waals surface area contributed by atoms with Crippen LogP contribution in [-0.4, -0.2) is 28.0 Å². The highest BCUT2D eigenvalue weighted by Gasteiger charge is 2.08. The summed E-state index contributed by atoms with van der Waals surface area (Å²) in [4.78, 5) is 13.1. The van der Waals surface area contributed by atoms with Gasteiger partial charge in [-0.15, -0.1) is 11.3 Å². The van der Waals surface area contributed by atoms with Crippen LogP contribution in [0.4, 0.5) is 11.8 Å². The van der Waals surface area contributed by atoms with E-state index in [0.29, 0.717) is 11.9 Å². The van der Waals surface area contributed by atoms with Crippen molar-refractivity contribution < 1.29 is 0 Å². The van der Waals surface area contributed by atoms with Gasteiger partial charge in [0.1, 0.15) is 5.82 Å². The van der Waals surface area contributed by atoms with Crippen LogP contribution in [0.15, 0.2) is 17.6 Å². The van der Waals surface area contributed by atoms with Crippen LogP contribution in [0.5, 0.6) is 0 Å². The van der Waals surface area contributed by atoms with Gasteiger partial charge in [0.15, 0.2) is 0 Å². The Morgan fingerprint density at radius 3 is 2.84 bits per heavy atom. The monoisotopic (exact) mass is 277 g/mol. The highest BCUT2D eigenvalue weighted by molar-refractivity contribution is 7.09. The largest absolute Gasteiger partial charge is 0.369 e. The Balaban J connectivity index is 1.99. The first-order valence-electron chi connectivity index (χ1n) is 6.42. The number of nitrogens with zero attached hydrogens (tertiary/aromatic N) is 3. The van der Waals surface area contributed by atoms with E-state index in [4.69, 9.17) is 0 Å². The maximum absolute atomic E-state index is 4.43. The minimum absolute atomic E-state index is 0.373. The van der Waals surface area contributed by atoms with Gasteiger partial charge in [0.05, 0.1) is 5.01 Å². The molecule has 0 aliphatic rings. The van der Waals surface area contributed by atoms with E-state index >= 15 is 0 Å². The molecule has 0 saturated heterocycles. The minimum Gasteiger partial charge on any atom is -0.369 e. The molecule has 19 heavy (non-hydrogen) atoms. The molecule has 0 aliphatic heterocycles. The van der Waals surface area contributed by atoms with Crippen molar-refractivity contribution in [2.24, 2.45) is 0 Å². The zero-order valence-electron chi connectivity index (χ0n) is 11.5. The lowest BCUT2D eigenvalue weighted by atomic mass is 10.2. The number of anilines is 2. The molecular weight excluding hydrogens is 258 g/mol. The average molecular weight is 277 g/mol. The van der Waals surface area contributed by atoms with Crippen LogP contribution in [0, 0.1) is 6.92 Å². The first-order chi connectivity index (χ1) is 9.19. The molecular formula is C13H19N5S. The van der Waals surface area contributed by atoms with Crippen LogP contribution >= 0.6 is 11.3 Å². The molecule has 2 heterocycles. The van der Waals surface area contributed by atoms with Crippen molar-refractivity contribution in [1.82, 2.24) is 15.0 Å². The quantitative estimate of drug-likeness (QED) is 0.850. The normalized spacial score (nSPS) is 12.2. The number of aryl methyl sites for hydroxylation is 1. The highest BCUT2D eigenvalue weighted by Crippen LogP contribution is 2.18. The van der Waals surface area contributed by atoms with Crippen molar-refractivity contribution in [3.63, 3.8) is 0 Å². The van der Waals surface area contributed by atoms with Gasteiger partial charge in [-0.3, -0.25) is 0 Å². The van der Waals surface area contributed by atoms with Gasteiger partial charge in [-0.25, -0.2) is 9.97 Å². The van der Waals surface area contributed by atoms with Crippen molar-refractivity contribution >= 4 is 23.1 Å². The van der Waals surface area contributed by atoms with Gasteiger partial charge < -0.3 is 10.6 Å². The summed E-state index contributed by atoms with van der Waals surface area (Å²) in [6, 6.07) is 1.95. The summed E-state index contributed by atoms with van der Waals surface area (Å²) in [6.45, 7) is 7.79. The SMILES string of the molecule is CCNc1nc(C)cc(NCC(C)c2nccs2)n1. The van der Waals surface area contributed by atoms with Gasteiger partial charge in [-0.1, -0.05) is 6.92 Å². The van der Waals surface area contributed by atoms with Crippen molar-refractivity contribution in [2.75, 3.05) is 23.7 Å². The van der Waals surface area contributed by atoms with Crippen molar-refractivity contribution in [1.29, 1.82) is 0 Å². The van der Waals surface area contributed by atoms with Gasteiger partial charge in [-0.05, 0) is 13.8 Å². The third-order valence-electron chi connectivity index (χ3n) is 2.65. The van der Waals surface area contributed by atoms with Gasteiger partial charge in [-0.2, -0.15) is 4.98 Å². The Hall–Kier alpha value is -1.69. The Morgan fingerprint density at radius 1 is 1.32 bits per heavy atom. The second kappa shape index (κ2) is 6.47. The topological polar surface area (TPSA) is 62.7 Å². The third kappa shape index (κ3) is 3.89. The zero-order valence-corrected chi connectivity index (χ0v) is 12.3. The lowest BCUT2D eigenvalue weighted by Crippen LogP contribution is -2.12. The average Bonchev–Trinajstić information content (AvgIpc) is 2.89. The summed E-state index contributed by atoms with van der Waals surface area (Å²) in [5.41, 5.74) is 0.954. The van der Waals surface area contributed by atoms with Crippen LogP contribution in [0.25, 0.3) is 0 Å². The van der Waals surface area contributed by atoms with E-state index in [-0.39, 0.29) is 0 Å². The summed E-state index contributed by atoms with van der Waals surface area (Å²) in [5.74, 6) is 1.90. The van der Waals surface area contributed by atoms with E-state index in [1.54, 1.807) is 11.3 Å². The standard InChI is InChI=1S/C13H19N5S/c1-4-14-13-17-10(3)7-11(18-13)16-8-9(2)12-15-5-6-19-12/h5-7,9H,4,8H2,1-3H3,(H2,14,16,17,18). The van der Waals surface area contributed by atoms with Crippen LogP contribution in [0.3, 0.4) is 0 Å². The second-order valence-corrected chi connectivity index (χ2v) is 5.33. The Bertz CT molecular complexity index is 512. The molecule has 2 rings (SSSR count). The van der Waals surface area contributed by atoms with E-state index in [0.717, 1.165) is 29.6 Å². The summed E-state index contributed by atoms with van der Waals surface area (Å²) in [7, 11) is 0. The summed E-state index contributed by atoms with van der Waals surface area (Å²) in [6.07, 6.45) is 1.84. The van der Waals surface area contributed by atoms with Crippen LogP contribution in [-0.2, 0) is 0 Å². The van der Waals surface area contributed by atoms with E-state index in [1.807, 2.05) is 31.5 Å². The fourth-order valence-electron chi connectivity index (χ4n) is 1.72. The number of rotatable bonds is 6. The number of hydrogen-bond acceptors (Lipinski definition) is 6. The molecule has 0 bridgehead atoms. The van der Waals surface area contributed by atoms with Crippen molar-refractivity contribution in [3.8, 4) is 0 Å². The molecule has 1 unspecified atom stereocenters. The van der Waals surface area contributed by atoms with Gasteiger partial charge >= 0.3 is 0 Å². The molecule has 0 aliphatic carbocycles. The summed E-state index contributed by atoms with van der Waals surface area (Å²) < 4.78 is 0. The molecule has 5 nitrogen and oxygen atoms in total.